The van der Waals surface area contributed by atoms with Crippen molar-refractivity contribution in [3.8, 4) is 0 Å². The molecule has 1 N–H and O–H groups in total. The summed E-state index contributed by atoms with van der Waals surface area (Å²) in [5.41, 5.74) is 1.75. The van der Waals surface area contributed by atoms with Gasteiger partial charge in [-0.15, -0.1) is 0 Å². The Morgan fingerprint density at radius 1 is 1.33 bits per heavy atom. The van der Waals surface area contributed by atoms with Crippen molar-refractivity contribution in [1.82, 2.24) is 5.09 Å². The fourth-order valence-electron chi connectivity index (χ4n) is 2.56. The molecule has 0 saturated carbocycles. The molecule has 0 amide bonds. The SMILES string of the molecule is CCCC(CCNP)C1=C(C(=O)OC)C=CC(C)(C)C=C1. The summed E-state index contributed by atoms with van der Waals surface area (Å²) in [5.74, 6) is 0.121. The number of ether oxygens (including phenoxy) is 1. The zero-order valence-electron chi connectivity index (χ0n) is 13.6. The zero-order chi connectivity index (χ0) is 15.9. The van der Waals surface area contributed by atoms with Gasteiger partial charge in [0, 0.05) is 5.41 Å². The Morgan fingerprint density at radius 3 is 2.57 bits per heavy atom. The van der Waals surface area contributed by atoms with E-state index in [1.807, 2.05) is 6.08 Å². The maximum absolute atomic E-state index is 12.1. The van der Waals surface area contributed by atoms with E-state index in [1.165, 1.54) is 7.11 Å². The second kappa shape index (κ2) is 8.51. The van der Waals surface area contributed by atoms with E-state index in [0.717, 1.165) is 31.4 Å². The minimum atomic E-state index is -0.247. The fourth-order valence-corrected chi connectivity index (χ4v) is 2.72. The van der Waals surface area contributed by atoms with Gasteiger partial charge in [-0.2, -0.15) is 0 Å². The van der Waals surface area contributed by atoms with Crippen LogP contribution in [0.2, 0.25) is 0 Å². The number of hydrogen-bond donors (Lipinski definition) is 1. The van der Waals surface area contributed by atoms with Crippen molar-refractivity contribution in [1.29, 1.82) is 0 Å². The molecule has 2 atom stereocenters. The summed E-state index contributed by atoms with van der Waals surface area (Å²) in [5, 5.41) is 3.12. The van der Waals surface area contributed by atoms with Crippen LogP contribution in [0.5, 0.6) is 0 Å². The van der Waals surface area contributed by atoms with Crippen LogP contribution in [0.25, 0.3) is 0 Å². The van der Waals surface area contributed by atoms with Crippen molar-refractivity contribution < 1.29 is 9.53 Å². The highest BCUT2D eigenvalue weighted by atomic mass is 31.0. The summed E-state index contributed by atoms with van der Waals surface area (Å²) in [6.07, 6.45) is 11.5. The molecule has 1 aliphatic carbocycles. The third kappa shape index (κ3) is 5.41. The maximum Gasteiger partial charge on any atom is 0.338 e. The van der Waals surface area contributed by atoms with E-state index in [9.17, 15) is 4.79 Å². The van der Waals surface area contributed by atoms with Crippen molar-refractivity contribution in [2.24, 2.45) is 11.3 Å². The summed E-state index contributed by atoms with van der Waals surface area (Å²) in [7, 11) is 3.98. The number of carbonyl (C=O) groups is 1. The largest absolute Gasteiger partial charge is 0.465 e. The average Bonchev–Trinajstić information content (AvgIpc) is 2.61. The number of rotatable bonds is 7. The van der Waals surface area contributed by atoms with Crippen LogP contribution in [0.1, 0.15) is 40.0 Å². The van der Waals surface area contributed by atoms with E-state index in [0.29, 0.717) is 11.5 Å². The number of hydrogen-bond acceptors (Lipinski definition) is 3. The van der Waals surface area contributed by atoms with Crippen LogP contribution in [-0.2, 0) is 9.53 Å². The molecular weight excluding hydrogens is 281 g/mol. The normalized spacial score (nSPS) is 18.5. The van der Waals surface area contributed by atoms with Gasteiger partial charge in [-0.05, 0) is 30.9 Å². The van der Waals surface area contributed by atoms with Gasteiger partial charge in [-0.1, -0.05) is 60.9 Å². The third-order valence-electron chi connectivity index (χ3n) is 3.80. The minimum absolute atomic E-state index is 0.0450. The summed E-state index contributed by atoms with van der Waals surface area (Å²) >= 11 is 0. The van der Waals surface area contributed by atoms with Crippen molar-refractivity contribution in [3.05, 3.63) is 35.5 Å². The Kier molecular flexibility index (Phi) is 7.34. The molecule has 4 heteroatoms. The third-order valence-corrected chi connectivity index (χ3v) is 4.09. The minimum Gasteiger partial charge on any atom is -0.465 e. The lowest BCUT2D eigenvalue weighted by atomic mass is 9.87. The molecule has 1 aliphatic rings. The molecule has 0 bridgehead atoms. The van der Waals surface area contributed by atoms with Gasteiger partial charge in [0.05, 0.1) is 12.7 Å². The molecule has 0 aromatic rings. The first kappa shape index (κ1) is 18.1. The molecule has 0 spiro atoms. The van der Waals surface area contributed by atoms with Gasteiger partial charge in [0.2, 0.25) is 0 Å². The molecule has 0 aromatic carbocycles. The van der Waals surface area contributed by atoms with E-state index in [2.05, 4.69) is 53.5 Å². The highest BCUT2D eigenvalue weighted by Gasteiger charge is 2.23. The average molecular weight is 309 g/mol. The Morgan fingerprint density at radius 2 is 2.00 bits per heavy atom. The van der Waals surface area contributed by atoms with E-state index in [-0.39, 0.29) is 11.4 Å². The lowest BCUT2D eigenvalue weighted by Gasteiger charge is -2.20. The van der Waals surface area contributed by atoms with Crippen LogP contribution in [0, 0.1) is 11.3 Å². The van der Waals surface area contributed by atoms with E-state index in [4.69, 9.17) is 4.74 Å². The first-order valence-electron chi connectivity index (χ1n) is 7.59. The molecule has 0 fully saturated rings. The smallest absolute Gasteiger partial charge is 0.338 e. The van der Waals surface area contributed by atoms with Crippen molar-refractivity contribution in [2.45, 2.75) is 40.0 Å². The lowest BCUT2D eigenvalue weighted by molar-refractivity contribution is -0.135. The summed E-state index contributed by atoms with van der Waals surface area (Å²) in [6, 6.07) is 0. The molecule has 0 saturated heterocycles. The number of allylic oxidation sites excluding steroid dienone is 4. The number of esters is 1. The fraction of sp³-hybridized carbons (Fsp3) is 0.588. The second-order valence-corrected chi connectivity index (χ2v) is 6.49. The highest BCUT2D eigenvalue weighted by molar-refractivity contribution is 7.13. The maximum atomic E-state index is 12.1. The second-order valence-electron chi connectivity index (χ2n) is 6.08. The molecule has 118 valence electrons. The summed E-state index contributed by atoms with van der Waals surface area (Å²) in [6.45, 7) is 7.36. The number of carbonyl (C=O) groups excluding carboxylic acids is 1. The van der Waals surface area contributed by atoms with Gasteiger partial charge >= 0.3 is 5.97 Å². The molecule has 3 nitrogen and oxygen atoms in total. The van der Waals surface area contributed by atoms with Crippen LogP contribution < -0.4 is 5.09 Å². The molecule has 2 unspecified atom stereocenters. The monoisotopic (exact) mass is 309 g/mol. The summed E-state index contributed by atoms with van der Waals surface area (Å²) in [4.78, 5) is 12.1. The molecular formula is C17H28NO2P. The Hall–Kier alpha value is -0.920. The topological polar surface area (TPSA) is 38.3 Å². The van der Waals surface area contributed by atoms with E-state index in [1.54, 1.807) is 0 Å². The molecule has 1 rings (SSSR count). The van der Waals surface area contributed by atoms with Crippen LogP contribution in [0.15, 0.2) is 35.5 Å². The molecule has 0 aromatic heterocycles. The molecule has 0 heterocycles. The van der Waals surface area contributed by atoms with Crippen molar-refractivity contribution in [2.75, 3.05) is 13.7 Å². The first-order valence-corrected chi connectivity index (χ1v) is 8.17. The van der Waals surface area contributed by atoms with Gasteiger partial charge < -0.3 is 9.82 Å². The van der Waals surface area contributed by atoms with E-state index >= 15 is 0 Å². The highest BCUT2D eigenvalue weighted by Crippen LogP contribution is 2.32. The summed E-state index contributed by atoms with van der Waals surface area (Å²) < 4.78 is 4.97. The molecule has 0 aliphatic heterocycles. The van der Waals surface area contributed by atoms with Crippen LogP contribution in [0.4, 0.5) is 0 Å². The quantitative estimate of drug-likeness (QED) is 0.574. The lowest BCUT2D eigenvalue weighted by Crippen LogP contribution is -2.15. The predicted octanol–water partition coefficient (Wildman–Crippen LogP) is 3.79. The zero-order valence-corrected chi connectivity index (χ0v) is 14.8. The van der Waals surface area contributed by atoms with Gasteiger partial charge in [0.1, 0.15) is 0 Å². The van der Waals surface area contributed by atoms with Gasteiger partial charge in [-0.3, -0.25) is 0 Å². The van der Waals surface area contributed by atoms with Crippen LogP contribution in [0.3, 0.4) is 0 Å². The number of nitrogens with one attached hydrogen (secondary N) is 1. The van der Waals surface area contributed by atoms with Crippen LogP contribution in [-0.4, -0.2) is 19.6 Å². The Labute approximate surface area is 131 Å². The molecule has 0 radical (unpaired) electrons. The first-order chi connectivity index (χ1) is 9.95. The Bertz CT molecular complexity index is 450. The molecule has 21 heavy (non-hydrogen) atoms. The Balaban J connectivity index is 3.21. The van der Waals surface area contributed by atoms with Crippen LogP contribution >= 0.6 is 9.39 Å². The number of methoxy groups -OCH3 is 1. The van der Waals surface area contributed by atoms with Gasteiger partial charge in [-0.25, -0.2) is 4.79 Å². The standard InChI is InChI=1S/C17H28NO2P/c1-5-6-13(9-12-18-21)14-7-10-17(2,3)11-8-15(14)16(19)20-4/h7-8,10-11,13,18H,5-6,9,12,21H2,1-4H3. The predicted molar refractivity (Wildman–Crippen MR) is 91.8 cm³/mol. The van der Waals surface area contributed by atoms with Gasteiger partial charge in [0.15, 0.2) is 0 Å². The van der Waals surface area contributed by atoms with Crippen molar-refractivity contribution >= 4 is 15.4 Å². The van der Waals surface area contributed by atoms with Crippen molar-refractivity contribution in [3.63, 3.8) is 0 Å². The van der Waals surface area contributed by atoms with Gasteiger partial charge in [0.25, 0.3) is 0 Å². The van der Waals surface area contributed by atoms with E-state index < -0.39 is 0 Å².